The second-order valence-electron chi connectivity index (χ2n) is 7.10. The summed E-state index contributed by atoms with van der Waals surface area (Å²) >= 11 is 0. The summed E-state index contributed by atoms with van der Waals surface area (Å²) in [5.41, 5.74) is 2.21. The fourth-order valence-corrected chi connectivity index (χ4v) is 3.66. The van der Waals surface area contributed by atoms with Crippen LogP contribution in [0.2, 0.25) is 0 Å². The van der Waals surface area contributed by atoms with Crippen LogP contribution in [0.3, 0.4) is 0 Å². The van der Waals surface area contributed by atoms with Gasteiger partial charge in [-0.3, -0.25) is 4.79 Å². The number of anilines is 1. The van der Waals surface area contributed by atoms with E-state index >= 15 is 0 Å². The van der Waals surface area contributed by atoms with E-state index in [2.05, 4.69) is 30.9 Å². The molecule has 1 aliphatic heterocycles. The van der Waals surface area contributed by atoms with Gasteiger partial charge >= 0.3 is 0 Å². The highest BCUT2D eigenvalue weighted by Crippen LogP contribution is 2.30. The van der Waals surface area contributed by atoms with Gasteiger partial charge in [-0.25, -0.2) is 0 Å². The first-order valence-corrected chi connectivity index (χ1v) is 9.48. The van der Waals surface area contributed by atoms with Crippen molar-refractivity contribution in [3.63, 3.8) is 0 Å². The van der Waals surface area contributed by atoms with Crippen molar-refractivity contribution in [2.24, 2.45) is 5.92 Å². The molecule has 2 atom stereocenters. The van der Waals surface area contributed by atoms with Crippen LogP contribution in [-0.2, 0) is 4.79 Å². The Kier molecular flexibility index (Phi) is 5.82. The number of hydrogen-bond acceptors (Lipinski definition) is 3. The Morgan fingerprint density at radius 3 is 2.19 bits per heavy atom. The number of hydrogen-bond donors (Lipinski definition) is 1. The fourth-order valence-electron chi connectivity index (χ4n) is 3.66. The molecule has 1 amide bonds. The maximum absolute atomic E-state index is 13.3. The molecule has 138 valence electrons. The molecule has 2 aromatic rings. The van der Waals surface area contributed by atoms with Gasteiger partial charge in [0.25, 0.3) is 0 Å². The van der Waals surface area contributed by atoms with Crippen molar-refractivity contribution in [3.05, 3.63) is 60.2 Å². The zero-order valence-electron chi connectivity index (χ0n) is 15.6. The molecular weight excluding hydrogens is 324 g/mol. The first-order chi connectivity index (χ1) is 12.6. The third-order valence-corrected chi connectivity index (χ3v) is 5.44. The number of nitrogens with zero attached hydrogens (tertiary/aromatic N) is 2. The number of carbonyl (C=O) groups is 1. The van der Waals surface area contributed by atoms with E-state index in [9.17, 15) is 9.90 Å². The van der Waals surface area contributed by atoms with E-state index in [0.29, 0.717) is 5.92 Å². The van der Waals surface area contributed by atoms with E-state index in [0.717, 1.165) is 43.9 Å². The van der Waals surface area contributed by atoms with E-state index in [1.807, 2.05) is 35.2 Å². The lowest BCUT2D eigenvalue weighted by Gasteiger charge is -2.38. The minimum atomic E-state index is -0.0681. The van der Waals surface area contributed by atoms with Gasteiger partial charge in [0.1, 0.15) is 5.75 Å². The van der Waals surface area contributed by atoms with Gasteiger partial charge in [-0.15, -0.1) is 0 Å². The van der Waals surface area contributed by atoms with E-state index in [4.69, 9.17) is 0 Å². The number of benzene rings is 2. The van der Waals surface area contributed by atoms with Gasteiger partial charge in [0, 0.05) is 31.9 Å². The monoisotopic (exact) mass is 352 g/mol. The molecular formula is C22H28N2O2. The minimum absolute atomic E-state index is 0.0681. The van der Waals surface area contributed by atoms with Gasteiger partial charge in [0.15, 0.2) is 0 Å². The second-order valence-corrected chi connectivity index (χ2v) is 7.10. The van der Waals surface area contributed by atoms with E-state index in [1.165, 1.54) is 0 Å². The summed E-state index contributed by atoms with van der Waals surface area (Å²) in [7, 11) is 0. The molecule has 4 nitrogen and oxygen atoms in total. The number of carbonyl (C=O) groups excluding carboxylic acids is 1. The molecule has 1 aliphatic rings. The van der Waals surface area contributed by atoms with Crippen LogP contribution in [0, 0.1) is 5.92 Å². The topological polar surface area (TPSA) is 43.8 Å². The molecule has 1 saturated heterocycles. The van der Waals surface area contributed by atoms with Crippen LogP contribution in [0.4, 0.5) is 5.69 Å². The summed E-state index contributed by atoms with van der Waals surface area (Å²) in [6, 6.07) is 17.4. The zero-order chi connectivity index (χ0) is 18.5. The van der Waals surface area contributed by atoms with Gasteiger partial charge in [-0.1, -0.05) is 50.6 Å². The number of piperazine rings is 1. The lowest BCUT2D eigenvalue weighted by molar-refractivity contribution is -0.134. The smallest absolute Gasteiger partial charge is 0.230 e. The first kappa shape index (κ1) is 18.3. The van der Waals surface area contributed by atoms with Crippen molar-refractivity contribution in [1.29, 1.82) is 0 Å². The molecule has 2 aromatic carbocycles. The predicted molar refractivity (Wildman–Crippen MR) is 106 cm³/mol. The van der Waals surface area contributed by atoms with Gasteiger partial charge < -0.3 is 14.9 Å². The number of phenols is 1. The van der Waals surface area contributed by atoms with Crippen LogP contribution in [0.15, 0.2) is 54.6 Å². The van der Waals surface area contributed by atoms with Gasteiger partial charge in [0.05, 0.1) is 5.92 Å². The number of phenolic OH excluding ortho intramolecular Hbond substituents is 1. The van der Waals surface area contributed by atoms with Crippen LogP contribution in [0.1, 0.15) is 31.7 Å². The van der Waals surface area contributed by atoms with E-state index in [1.54, 1.807) is 12.1 Å². The van der Waals surface area contributed by atoms with E-state index in [-0.39, 0.29) is 17.6 Å². The molecule has 0 saturated carbocycles. The molecule has 1 N–H and O–H groups in total. The van der Waals surface area contributed by atoms with E-state index < -0.39 is 0 Å². The van der Waals surface area contributed by atoms with Crippen LogP contribution in [0.5, 0.6) is 5.75 Å². The third kappa shape index (κ3) is 4.01. The summed E-state index contributed by atoms with van der Waals surface area (Å²) in [5, 5.41) is 9.44. The number of rotatable bonds is 5. The van der Waals surface area contributed by atoms with Crippen LogP contribution in [-0.4, -0.2) is 42.1 Å². The Hall–Kier alpha value is -2.49. The summed E-state index contributed by atoms with van der Waals surface area (Å²) in [6.45, 7) is 7.43. The Labute approximate surface area is 156 Å². The molecule has 26 heavy (non-hydrogen) atoms. The van der Waals surface area contributed by atoms with Gasteiger partial charge in [0.2, 0.25) is 5.91 Å². The molecule has 0 radical (unpaired) electrons. The molecule has 1 fully saturated rings. The lowest BCUT2D eigenvalue weighted by atomic mass is 9.84. The zero-order valence-corrected chi connectivity index (χ0v) is 15.6. The Morgan fingerprint density at radius 2 is 1.62 bits per heavy atom. The molecule has 0 aromatic heterocycles. The molecule has 0 bridgehead atoms. The predicted octanol–water partition coefficient (Wildman–Crippen LogP) is 3.87. The maximum Gasteiger partial charge on any atom is 0.230 e. The highest BCUT2D eigenvalue weighted by Gasteiger charge is 2.31. The Balaban J connectivity index is 1.69. The highest BCUT2D eigenvalue weighted by atomic mass is 16.3. The molecule has 1 heterocycles. The largest absolute Gasteiger partial charge is 0.508 e. The summed E-state index contributed by atoms with van der Waals surface area (Å²) < 4.78 is 0. The first-order valence-electron chi connectivity index (χ1n) is 9.48. The minimum Gasteiger partial charge on any atom is -0.508 e. The molecule has 2 unspecified atom stereocenters. The van der Waals surface area contributed by atoms with Crippen LogP contribution in [0.25, 0.3) is 0 Å². The number of aromatic hydroxyl groups is 1. The van der Waals surface area contributed by atoms with Crippen molar-refractivity contribution in [2.75, 3.05) is 31.1 Å². The Bertz CT molecular complexity index is 707. The molecule has 0 aliphatic carbocycles. The van der Waals surface area contributed by atoms with Crippen LogP contribution >= 0.6 is 0 Å². The normalized spacial score (nSPS) is 17.0. The average Bonchev–Trinajstić information content (AvgIpc) is 2.69. The highest BCUT2D eigenvalue weighted by molar-refractivity contribution is 5.84. The van der Waals surface area contributed by atoms with Crippen molar-refractivity contribution >= 4 is 11.6 Å². The van der Waals surface area contributed by atoms with Crippen molar-refractivity contribution in [1.82, 2.24) is 4.90 Å². The van der Waals surface area contributed by atoms with Crippen LogP contribution < -0.4 is 4.90 Å². The summed E-state index contributed by atoms with van der Waals surface area (Å²) in [5.74, 6) is 0.777. The Morgan fingerprint density at radius 1 is 1.00 bits per heavy atom. The quantitative estimate of drug-likeness (QED) is 0.888. The SMILES string of the molecule is CCC(C)C(C(=O)N1CCN(c2ccc(O)cc2)CC1)c1ccccc1. The molecule has 3 rings (SSSR count). The second kappa shape index (κ2) is 8.26. The van der Waals surface area contributed by atoms with Crippen molar-refractivity contribution in [3.8, 4) is 5.75 Å². The average molecular weight is 352 g/mol. The lowest BCUT2D eigenvalue weighted by Crippen LogP contribution is -2.50. The maximum atomic E-state index is 13.3. The van der Waals surface area contributed by atoms with Gasteiger partial charge in [-0.05, 0) is 35.7 Å². The standard InChI is InChI=1S/C22H28N2O2/c1-3-17(2)21(18-7-5-4-6-8-18)22(26)24-15-13-23(14-16-24)19-9-11-20(25)12-10-19/h4-12,17,21,25H,3,13-16H2,1-2H3. The number of amides is 1. The third-order valence-electron chi connectivity index (χ3n) is 5.44. The summed E-state index contributed by atoms with van der Waals surface area (Å²) in [4.78, 5) is 17.5. The van der Waals surface area contributed by atoms with Gasteiger partial charge in [-0.2, -0.15) is 0 Å². The molecule has 4 heteroatoms. The fraction of sp³-hybridized carbons (Fsp3) is 0.409. The summed E-state index contributed by atoms with van der Waals surface area (Å²) in [6.07, 6.45) is 0.985. The van der Waals surface area contributed by atoms with Crippen molar-refractivity contribution in [2.45, 2.75) is 26.2 Å². The molecule has 0 spiro atoms. The van der Waals surface area contributed by atoms with Crippen molar-refractivity contribution < 1.29 is 9.90 Å².